The first-order chi connectivity index (χ1) is 14.7. The molecule has 0 bridgehead atoms. The van der Waals surface area contributed by atoms with Gasteiger partial charge in [0, 0.05) is 22.8 Å². The second-order valence-corrected chi connectivity index (χ2v) is 8.29. The van der Waals surface area contributed by atoms with Crippen LogP contribution in [0.4, 0.5) is 5.69 Å². The summed E-state index contributed by atoms with van der Waals surface area (Å²) >= 11 is 3.18. The van der Waals surface area contributed by atoms with Crippen molar-refractivity contribution in [1.82, 2.24) is 10.3 Å². The van der Waals surface area contributed by atoms with Gasteiger partial charge in [-0.3, -0.25) is 9.59 Å². The summed E-state index contributed by atoms with van der Waals surface area (Å²) in [5, 5.41) is 8.51. The van der Waals surface area contributed by atoms with Crippen LogP contribution in [0.5, 0.6) is 5.75 Å². The Bertz CT molecular complexity index is 932. The summed E-state index contributed by atoms with van der Waals surface area (Å²) < 4.78 is 5.47. The average molecular weight is 442 g/mol. The first-order valence-electron chi connectivity index (χ1n) is 9.42. The summed E-state index contributed by atoms with van der Waals surface area (Å²) in [5.41, 5.74) is 1.66. The summed E-state index contributed by atoms with van der Waals surface area (Å²) in [4.78, 5) is 29.3. The Morgan fingerprint density at radius 1 is 1.13 bits per heavy atom. The van der Waals surface area contributed by atoms with E-state index in [2.05, 4.69) is 15.6 Å². The van der Waals surface area contributed by atoms with E-state index in [0.717, 1.165) is 16.3 Å². The van der Waals surface area contributed by atoms with Crippen molar-refractivity contribution in [3.63, 3.8) is 0 Å². The Balaban J connectivity index is 1.56. The van der Waals surface area contributed by atoms with Gasteiger partial charge in [-0.1, -0.05) is 18.2 Å². The number of ether oxygens (including phenoxy) is 1. The number of thioether (sulfide) groups is 1. The predicted octanol–water partition coefficient (Wildman–Crippen LogP) is 4.07. The Hall–Kier alpha value is -2.84. The Morgan fingerprint density at radius 2 is 1.90 bits per heavy atom. The van der Waals surface area contributed by atoms with Crippen LogP contribution in [0.2, 0.25) is 0 Å². The molecule has 0 aliphatic rings. The molecule has 1 aromatic heterocycles. The normalized spacial score (nSPS) is 11.5. The number of carbonyl (C=O) groups excluding carboxylic acids is 2. The lowest BCUT2D eigenvalue weighted by molar-refractivity contribution is -0.127. The summed E-state index contributed by atoms with van der Waals surface area (Å²) in [5.74, 6) is 0.775. The largest absolute Gasteiger partial charge is 0.484 e. The third-order valence-corrected chi connectivity index (χ3v) is 5.67. The minimum atomic E-state index is -0.636. The fourth-order valence-electron chi connectivity index (χ4n) is 2.70. The molecule has 156 valence electrons. The maximum Gasteiger partial charge on any atom is 0.258 e. The van der Waals surface area contributed by atoms with Crippen LogP contribution in [0.25, 0.3) is 10.6 Å². The van der Waals surface area contributed by atoms with Gasteiger partial charge in [-0.05, 0) is 54.8 Å². The molecule has 1 heterocycles. The van der Waals surface area contributed by atoms with E-state index in [1.807, 2.05) is 54.1 Å². The number of nitrogens with one attached hydrogen (secondary N) is 2. The number of amides is 2. The molecule has 1 unspecified atom stereocenters. The van der Waals surface area contributed by atoms with Crippen molar-refractivity contribution in [2.24, 2.45) is 0 Å². The maximum absolute atomic E-state index is 12.8. The van der Waals surface area contributed by atoms with E-state index >= 15 is 0 Å². The Kier molecular flexibility index (Phi) is 8.29. The lowest BCUT2D eigenvalue weighted by atomic mass is 10.1. The molecule has 2 aromatic carbocycles. The monoisotopic (exact) mass is 441 g/mol. The van der Waals surface area contributed by atoms with Crippen LogP contribution in [0.3, 0.4) is 0 Å². The van der Waals surface area contributed by atoms with Crippen LogP contribution in [0.15, 0.2) is 66.2 Å². The highest BCUT2D eigenvalue weighted by atomic mass is 32.2. The zero-order valence-corrected chi connectivity index (χ0v) is 18.2. The van der Waals surface area contributed by atoms with Crippen LogP contribution in [0.1, 0.15) is 6.42 Å². The first kappa shape index (κ1) is 21.9. The molecule has 2 amide bonds. The quantitative estimate of drug-likeness (QED) is 0.496. The van der Waals surface area contributed by atoms with Gasteiger partial charge in [-0.15, -0.1) is 11.3 Å². The van der Waals surface area contributed by atoms with E-state index in [4.69, 9.17) is 4.74 Å². The molecule has 1 atom stereocenters. The van der Waals surface area contributed by atoms with Gasteiger partial charge in [0.2, 0.25) is 5.91 Å². The number of carbonyl (C=O) groups is 2. The van der Waals surface area contributed by atoms with Gasteiger partial charge in [0.1, 0.15) is 16.8 Å². The number of rotatable bonds is 10. The average Bonchev–Trinajstić information content (AvgIpc) is 3.31. The van der Waals surface area contributed by atoms with Crippen molar-refractivity contribution >= 4 is 40.6 Å². The highest BCUT2D eigenvalue weighted by Gasteiger charge is 2.21. The van der Waals surface area contributed by atoms with E-state index in [1.54, 1.807) is 41.4 Å². The number of nitrogens with zero attached hydrogens (tertiary/aromatic N) is 1. The lowest BCUT2D eigenvalue weighted by Gasteiger charge is -2.18. The molecule has 0 aliphatic carbocycles. The molecule has 3 aromatic rings. The molecule has 0 fully saturated rings. The highest BCUT2D eigenvalue weighted by molar-refractivity contribution is 7.98. The fraction of sp³-hybridized carbons (Fsp3) is 0.227. The smallest absolute Gasteiger partial charge is 0.258 e. The van der Waals surface area contributed by atoms with Crippen LogP contribution < -0.4 is 15.4 Å². The van der Waals surface area contributed by atoms with Gasteiger partial charge in [-0.2, -0.15) is 11.8 Å². The number of hydrogen-bond donors (Lipinski definition) is 2. The summed E-state index contributed by atoms with van der Waals surface area (Å²) in [6.07, 6.45) is 4.25. The van der Waals surface area contributed by atoms with Crippen molar-refractivity contribution in [2.75, 3.05) is 23.9 Å². The molecule has 3 rings (SSSR count). The molecule has 8 heteroatoms. The highest BCUT2D eigenvalue weighted by Crippen LogP contribution is 2.23. The molecule has 0 saturated heterocycles. The molecule has 6 nitrogen and oxygen atoms in total. The Morgan fingerprint density at radius 3 is 2.57 bits per heavy atom. The van der Waals surface area contributed by atoms with Crippen LogP contribution in [-0.4, -0.2) is 41.5 Å². The van der Waals surface area contributed by atoms with E-state index in [1.165, 1.54) is 0 Å². The number of benzene rings is 2. The standard InChI is InChI=1S/C22H23N3O3S2/c1-29-13-11-19(25-20(26)15-28-18-5-3-2-4-6-18)21(27)24-17-9-7-16(8-10-17)22-23-12-14-30-22/h2-10,12,14,19H,11,13,15H2,1H3,(H,24,27)(H,25,26). The van der Waals surface area contributed by atoms with E-state index < -0.39 is 6.04 Å². The molecule has 30 heavy (non-hydrogen) atoms. The van der Waals surface area contributed by atoms with Gasteiger partial charge in [-0.25, -0.2) is 4.98 Å². The molecular formula is C22H23N3O3S2. The van der Waals surface area contributed by atoms with Gasteiger partial charge < -0.3 is 15.4 Å². The molecular weight excluding hydrogens is 418 g/mol. The predicted molar refractivity (Wildman–Crippen MR) is 123 cm³/mol. The third kappa shape index (κ3) is 6.60. The molecule has 0 aliphatic heterocycles. The van der Waals surface area contributed by atoms with Gasteiger partial charge in [0.25, 0.3) is 5.91 Å². The molecule has 0 spiro atoms. The van der Waals surface area contributed by atoms with Crippen molar-refractivity contribution < 1.29 is 14.3 Å². The van der Waals surface area contributed by atoms with Gasteiger partial charge in [0.15, 0.2) is 6.61 Å². The summed E-state index contributed by atoms with van der Waals surface area (Å²) in [7, 11) is 0. The number of para-hydroxylation sites is 1. The molecule has 0 saturated carbocycles. The topological polar surface area (TPSA) is 80.3 Å². The van der Waals surface area contributed by atoms with Crippen LogP contribution in [-0.2, 0) is 9.59 Å². The summed E-state index contributed by atoms with van der Waals surface area (Å²) in [6.45, 7) is -0.143. The number of anilines is 1. The first-order valence-corrected chi connectivity index (χ1v) is 11.7. The maximum atomic E-state index is 12.8. The minimum absolute atomic E-state index is 0.143. The van der Waals surface area contributed by atoms with Crippen molar-refractivity contribution in [3.05, 3.63) is 66.2 Å². The number of aromatic nitrogens is 1. The van der Waals surface area contributed by atoms with Crippen molar-refractivity contribution in [3.8, 4) is 16.3 Å². The SMILES string of the molecule is CSCCC(NC(=O)COc1ccccc1)C(=O)Nc1ccc(-c2nccs2)cc1. The zero-order chi connectivity index (χ0) is 21.2. The molecule has 0 radical (unpaired) electrons. The van der Waals surface area contributed by atoms with Crippen LogP contribution in [0, 0.1) is 0 Å². The second-order valence-electron chi connectivity index (χ2n) is 6.41. The second kappa shape index (κ2) is 11.4. The fourth-order valence-corrected chi connectivity index (χ4v) is 3.81. The third-order valence-electron chi connectivity index (χ3n) is 4.21. The van der Waals surface area contributed by atoms with Crippen molar-refractivity contribution in [2.45, 2.75) is 12.5 Å². The van der Waals surface area contributed by atoms with Gasteiger partial charge in [0.05, 0.1) is 0 Å². The van der Waals surface area contributed by atoms with E-state index in [9.17, 15) is 9.59 Å². The zero-order valence-electron chi connectivity index (χ0n) is 16.5. The van der Waals surface area contributed by atoms with Gasteiger partial charge >= 0.3 is 0 Å². The Labute approximate surface area is 184 Å². The van der Waals surface area contributed by atoms with Crippen molar-refractivity contribution in [1.29, 1.82) is 0 Å². The summed E-state index contributed by atoms with van der Waals surface area (Å²) in [6, 6.07) is 16.0. The van der Waals surface area contributed by atoms with Crippen LogP contribution >= 0.6 is 23.1 Å². The minimum Gasteiger partial charge on any atom is -0.484 e. The molecule has 2 N–H and O–H groups in total. The lowest BCUT2D eigenvalue weighted by Crippen LogP contribution is -2.45. The number of hydrogen-bond acceptors (Lipinski definition) is 6. The number of thiazole rings is 1. The van der Waals surface area contributed by atoms with E-state index in [-0.39, 0.29) is 18.4 Å². The van der Waals surface area contributed by atoms with E-state index in [0.29, 0.717) is 17.9 Å².